The van der Waals surface area contributed by atoms with Gasteiger partial charge in [0, 0.05) is 0 Å². The first-order valence-electron chi connectivity index (χ1n) is 7.46. The number of amides is 2. The Balaban J connectivity index is 3.21. The summed E-state index contributed by atoms with van der Waals surface area (Å²) in [5.74, 6) is -0.799. The van der Waals surface area contributed by atoms with Gasteiger partial charge in [-0.2, -0.15) is 0 Å². The molecule has 0 aliphatic rings. The predicted molar refractivity (Wildman–Crippen MR) is 85.2 cm³/mol. The van der Waals surface area contributed by atoms with Crippen molar-refractivity contribution in [2.75, 3.05) is 0 Å². The summed E-state index contributed by atoms with van der Waals surface area (Å²) in [6.07, 6.45) is 3.45. The fraction of sp³-hybridized carbons (Fsp3) is 0.529. The van der Waals surface area contributed by atoms with Crippen LogP contribution >= 0.6 is 0 Å². The van der Waals surface area contributed by atoms with Crippen LogP contribution in [0.25, 0.3) is 0 Å². The van der Waals surface area contributed by atoms with Crippen molar-refractivity contribution in [3.05, 3.63) is 34.9 Å². The second kappa shape index (κ2) is 6.74. The largest absolute Gasteiger partial charge is 0.366 e. The summed E-state index contributed by atoms with van der Waals surface area (Å²) in [5.41, 5.74) is 12.0. The van der Waals surface area contributed by atoms with E-state index in [2.05, 4.69) is 27.7 Å². The van der Waals surface area contributed by atoms with Gasteiger partial charge in [0.25, 0.3) is 0 Å². The maximum Gasteiger partial charge on any atom is 0.249 e. The molecule has 0 saturated carbocycles. The SMILES string of the molecule is CCCCC(C)C(C)(C)c1ccc(C(N)=O)c(C(N)=O)c1. The zero-order valence-electron chi connectivity index (χ0n) is 13.4. The van der Waals surface area contributed by atoms with Crippen molar-refractivity contribution in [1.29, 1.82) is 0 Å². The molecule has 1 atom stereocenters. The molecule has 0 aliphatic carbocycles. The second-order valence-electron chi connectivity index (χ2n) is 6.25. The number of hydrogen-bond acceptors (Lipinski definition) is 2. The van der Waals surface area contributed by atoms with Crippen LogP contribution in [0, 0.1) is 5.92 Å². The quantitative estimate of drug-likeness (QED) is 0.808. The maximum absolute atomic E-state index is 11.6. The summed E-state index contributed by atoms with van der Waals surface area (Å²) in [6, 6.07) is 5.19. The highest BCUT2D eigenvalue weighted by Crippen LogP contribution is 2.35. The highest BCUT2D eigenvalue weighted by Gasteiger charge is 2.29. The second-order valence-corrected chi connectivity index (χ2v) is 6.25. The fourth-order valence-electron chi connectivity index (χ4n) is 2.52. The number of rotatable bonds is 7. The Morgan fingerprint density at radius 3 is 2.19 bits per heavy atom. The fourth-order valence-corrected chi connectivity index (χ4v) is 2.52. The first-order valence-corrected chi connectivity index (χ1v) is 7.46. The lowest BCUT2D eigenvalue weighted by Crippen LogP contribution is -2.28. The molecule has 1 unspecified atom stereocenters. The molecule has 0 heterocycles. The summed E-state index contributed by atoms with van der Waals surface area (Å²) in [7, 11) is 0. The van der Waals surface area contributed by atoms with Crippen LogP contribution in [0.3, 0.4) is 0 Å². The number of benzene rings is 1. The molecule has 21 heavy (non-hydrogen) atoms. The van der Waals surface area contributed by atoms with Crippen molar-refractivity contribution in [1.82, 2.24) is 0 Å². The van der Waals surface area contributed by atoms with E-state index in [0.29, 0.717) is 5.92 Å². The molecular formula is C17H26N2O2. The van der Waals surface area contributed by atoms with Crippen LogP contribution in [0.15, 0.2) is 18.2 Å². The lowest BCUT2D eigenvalue weighted by molar-refractivity contribution is 0.0967. The highest BCUT2D eigenvalue weighted by molar-refractivity contribution is 6.06. The predicted octanol–water partition coefficient (Wildman–Crippen LogP) is 2.99. The van der Waals surface area contributed by atoms with Crippen LogP contribution < -0.4 is 11.5 Å². The zero-order chi connectivity index (χ0) is 16.2. The molecule has 0 spiro atoms. The van der Waals surface area contributed by atoms with Gasteiger partial charge in [-0.1, -0.05) is 46.6 Å². The van der Waals surface area contributed by atoms with E-state index >= 15 is 0 Å². The molecule has 4 heteroatoms. The van der Waals surface area contributed by atoms with E-state index < -0.39 is 11.8 Å². The third-order valence-corrected chi connectivity index (χ3v) is 4.52. The molecule has 0 aromatic heterocycles. The molecule has 2 amide bonds. The summed E-state index contributed by atoms with van der Waals surface area (Å²) in [6.45, 7) is 8.68. The molecule has 116 valence electrons. The number of nitrogens with two attached hydrogens (primary N) is 2. The van der Waals surface area contributed by atoms with Gasteiger partial charge in [0.2, 0.25) is 11.8 Å². The van der Waals surface area contributed by atoms with E-state index in [-0.39, 0.29) is 16.5 Å². The summed E-state index contributed by atoms with van der Waals surface area (Å²) < 4.78 is 0. The number of hydrogen-bond donors (Lipinski definition) is 2. The topological polar surface area (TPSA) is 86.2 Å². The van der Waals surface area contributed by atoms with Gasteiger partial charge in [-0.25, -0.2) is 0 Å². The lowest BCUT2D eigenvalue weighted by atomic mass is 9.72. The van der Waals surface area contributed by atoms with E-state index in [4.69, 9.17) is 11.5 Å². The van der Waals surface area contributed by atoms with E-state index in [1.165, 1.54) is 6.42 Å². The van der Waals surface area contributed by atoms with Crippen LogP contribution in [-0.2, 0) is 5.41 Å². The first-order chi connectivity index (χ1) is 9.71. The summed E-state index contributed by atoms with van der Waals surface area (Å²) in [5, 5.41) is 0. The third kappa shape index (κ3) is 3.84. The van der Waals surface area contributed by atoms with Crippen molar-refractivity contribution < 1.29 is 9.59 Å². The average molecular weight is 290 g/mol. The summed E-state index contributed by atoms with van der Waals surface area (Å²) in [4.78, 5) is 22.9. The molecule has 1 aromatic rings. The van der Waals surface area contributed by atoms with Crippen molar-refractivity contribution in [2.45, 2.75) is 52.4 Å². The Morgan fingerprint density at radius 1 is 1.14 bits per heavy atom. The van der Waals surface area contributed by atoms with Crippen molar-refractivity contribution in [3.8, 4) is 0 Å². The Bertz CT molecular complexity index is 536. The van der Waals surface area contributed by atoms with Gasteiger partial charge in [0.15, 0.2) is 0 Å². The van der Waals surface area contributed by atoms with Crippen molar-refractivity contribution >= 4 is 11.8 Å². The van der Waals surface area contributed by atoms with Gasteiger partial charge in [0.05, 0.1) is 11.1 Å². The molecule has 4 N–H and O–H groups in total. The van der Waals surface area contributed by atoms with Gasteiger partial charge in [-0.05, 0) is 35.4 Å². The molecule has 0 radical (unpaired) electrons. The Morgan fingerprint density at radius 2 is 1.71 bits per heavy atom. The molecule has 1 aromatic carbocycles. The minimum atomic E-state index is -0.632. The van der Waals surface area contributed by atoms with E-state index in [0.717, 1.165) is 18.4 Å². The van der Waals surface area contributed by atoms with Gasteiger partial charge < -0.3 is 11.5 Å². The minimum absolute atomic E-state index is 0.102. The molecule has 0 bridgehead atoms. The van der Waals surface area contributed by atoms with Gasteiger partial charge in [-0.15, -0.1) is 0 Å². The minimum Gasteiger partial charge on any atom is -0.366 e. The molecule has 4 nitrogen and oxygen atoms in total. The van der Waals surface area contributed by atoms with Crippen LogP contribution in [0.5, 0.6) is 0 Å². The highest BCUT2D eigenvalue weighted by atomic mass is 16.2. The average Bonchev–Trinajstić information content (AvgIpc) is 2.43. The lowest BCUT2D eigenvalue weighted by Gasteiger charge is -2.33. The third-order valence-electron chi connectivity index (χ3n) is 4.52. The van der Waals surface area contributed by atoms with Crippen molar-refractivity contribution in [3.63, 3.8) is 0 Å². The normalized spacial score (nSPS) is 13.0. The maximum atomic E-state index is 11.6. The monoisotopic (exact) mass is 290 g/mol. The molecular weight excluding hydrogens is 264 g/mol. The standard InChI is InChI=1S/C17H26N2O2/c1-5-6-7-11(2)17(3,4)12-8-9-13(15(18)20)14(10-12)16(19)21/h8-11H,5-7H2,1-4H3,(H2,18,20)(H2,19,21). The molecule has 0 saturated heterocycles. The van der Waals surface area contributed by atoms with Crippen LogP contribution in [0.4, 0.5) is 0 Å². The Hall–Kier alpha value is -1.84. The van der Waals surface area contributed by atoms with E-state index in [9.17, 15) is 9.59 Å². The molecule has 0 aliphatic heterocycles. The Kier molecular flexibility index (Phi) is 5.53. The number of carbonyl (C=O) groups is 2. The van der Waals surface area contributed by atoms with Gasteiger partial charge in [0.1, 0.15) is 0 Å². The van der Waals surface area contributed by atoms with Gasteiger partial charge >= 0.3 is 0 Å². The van der Waals surface area contributed by atoms with E-state index in [1.807, 2.05) is 6.07 Å². The molecule has 1 rings (SSSR count). The van der Waals surface area contributed by atoms with E-state index in [1.54, 1.807) is 12.1 Å². The molecule has 0 fully saturated rings. The summed E-state index contributed by atoms with van der Waals surface area (Å²) >= 11 is 0. The van der Waals surface area contributed by atoms with Crippen LogP contribution in [0.2, 0.25) is 0 Å². The first kappa shape index (κ1) is 17.2. The number of carbonyl (C=O) groups excluding carboxylic acids is 2. The van der Waals surface area contributed by atoms with Crippen LogP contribution in [0.1, 0.15) is 73.2 Å². The smallest absolute Gasteiger partial charge is 0.249 e. The van der Waals surface area contributed by atoms with Crippen LogP contribution in [-0.4, -0.2) is 11.8 Å². The zero-order valence-corrected chi connectivity index (χ0v) is 13.4. The number of primary amides is 2. The Labute approximate surface area is 126 Å². The number of unbranched alkanes of at least 4 members (excludes halogenated alkanes) is 1. The van der Waals surface area contributed by atoms with Crippen molar-refractivity contribution in [2.24, 2.45) is 17.4 Å². The van der Waals surface area contributed by atoms with Gasteiger partial charge in [-0.3, -0.25) is 9.59 Å².